The molecule has 0 amide bonds. The maximum Gasteiger partial charge on any atom is 0.219 e. The second kappa shape index (κ2) is 10.9. The van der Waals surface area contributed by atoms with Crippen LogP contribution in [0.1, 0.15) is 60.6 Å². The molecule has 2 aromatic heterocycles. The Morgan fingerprint density at radius 3 is 2.76 bits per heavy atom. The van der Waals surface area contributed by atoms with E-state index < -0.39 is 11.6 Å². The second-order valence-corrected chi connectivity index (χ2v) is 14.1. The third kappa shape index (κ3) is 4.50. The van der Waals surface area contributed by atoms with Gasteiger partial charge in [0.25, 0.3) is 0 Å². The van der Waals surface area contributed by atoms with Gasteiger partial charge in [-0.05, 0) is 76.7 Å². The van der Waals surface area contributed by atoms with E-state index in [-0.39, 0.29) is 17.7 Å². The van der Waals surface area contributed by atoms with Crippen LogP contribution in [0.15, 0.2) is 22.7 Å². The minimum atomic E-state index is -0.865. The van der Waals surface area contributed by atoms with Crippen LogP contribution in [-0.2, 0) is 23.0 Å². The molecule has 3 aliphatic heterocycles. The maximum atomic E-state index is 14.3. The van der Waals surface area contributed by atoms with E-state index >= 15 is 0 Å². The number of likely N-dealkylation sites (N-methyl/N-ethyl adjacent to an activating group) is 2. The number of halogens is 1. The molecule has 4 unspecified atom stereocenters. The van der Waals surface area contributed by atoms with Gasteiger partial charge in [0.05, 0.1) is 29.7 Å². The Morgan fingerprint density at radius 2 is 2.02 bits per heavy atom. The van der Waals surface area contributed by atoms with Crippen LogP contribution in [0.4, 0.5) is 15.9 Å². The summed E-state index contributed by atoms with van der Waals surface area (Å²) in [5.41, 5.74) is 10.6. The van der Waals surface area contributed by atoms with Gasteiger partial charge in [-0.25, -0.2) is 9.37 Å². The molecule has 46 heavy (non-hydrogen) atoms. The number of alkyl halides is 1. The molecular weight excluding hydrogens is 587 g/mol. The van der Waals surface area contributed by atoms with Crippen LogP contribution in [0, 0.1) is 11.3 Å². The molecule has 242 valence electrons. The molecular formula is C34H41FN8O3. The van der Waals surface area contributed by atoms with E-state index in [1.807, 2.05) is 37.1 Å². The predicted octanol–water partition coefficient (Wildman–Crippen LogP) is 3.48. The Kier molecular flexibility index (Phi) is 7.01. The zero-order valence-corrected chi connectivity index (χ0v) is 26.8. The average molecular weight is 629 g/mol. The molecule has 3 saturated heterocycles. The van der Waals surface area contributed by atoms with Gasteiger partial charge >= 0.3 is 0 Å². The maximum absolute atomic E-state index is 14.3. The number of ether oxygens (including phenoxy) is 2. The summed E-state index contributed by atoms with van der Waals surface area (Å²) in [6, 6.07) is 8.12. The Hall–Kier alpha value is -3.79. The highest BCUT2D eigenvalue weighted by atomic mass is 19.1. The first-order valence-corrected chi connectivity index (χ1v) is 16.5. The molecule has 4 atom stereocenters. The Balaban J connectivity index is 1.20. The van der Waals surface area contributed by atoms with Crippen LogP contribution >= 0.6 is 0 Å². The number of likely N-dealkylation sites (tertiary alicyclic amines) is 1. The lowest BCUT2D eigenvalue weighted by Crippen LogP contribution is -2.70. The molecule has 1 aromatic carbocycles. The lowest BCUT2D eigenvalue weighted by Gasteiger charge is -2.54. The third-order valence-electron chi connectivity index (χ3n) is 11.4. The molecule has 5 aliphatic rings. The number of hydrogen-bond donors (Lipinski definition) is 1. The average Bonchev–Trinajstić information content (AvgIpc) is 3.72. The number of nitrogen functional groups attached to an aromatic ring is 1. The number of nitriles is 1. The molecule has 0 bridgehead atoms. The van der Waals surface area contributed by atoms with Crippen molar-refractivity contribution in [2.24, 2.45) is 0 Å². The molecule has 5 heterocycles. The van der Waals surface area contributed by atoms with Gasteiger partial charge in [-0.2, -0.15) is 10.2 Å². The normalized spacial score (nSPS) is 27.8. The molecule has 3 fully saturated rings. The van der Waals surface area contributed by atoms with Gasteiger partial charge in [-0.3, -0.25) is 9.80 Å². The monoisotopic (exact) mass is 628 g/mol. The lowest BCUT2D eigenvalue weighted by molar-refractivity contribution is -0.134. The minimum absolute atomic E-state index is 0.0457. The number of anilines is 2. The zero-order valence-electron chi connectivity index (χ0n) is 26.8. The number of nitrogens with zero attached hydrogens (tertiary/aromatic N) is 7. The number of hydrogen-bond acceptors (Lipinski definition) is 11. The number of nitrogens with two attached hydrogens (primary N) is 1. The van der Waals surface area contributed by atoms with Gasteiger partial charge in [0.2, 0.25) is 5.88 Å². The number of aryl methyl sites for hydroxylation is 1. The van der Waals surface area contributed by atoms with Crippen LogP contribution in [0.3, 0.4) is 0 Å². The van der Waals surface area contributed by atoms with Crippen LogP contribution in [0.2, 0.25) is 0 Å². The summed E-state index contributed by atoms with van der Waals surface area (Å²) in [5, 5.41) is 14.8. The number of rotatable bonds is 5. The standard InChI is InChI=1S/C34H41FN8O3/c1-20(26-13-22(35)16-41(26)2)45-28-14-27(43-12-11-42(3)33(17-43)18-44-19-33)38-32(39-28)30-23-5-4-9-34(31(23)46-40-30)10-8-21-6-7-25(37)24(15-36)29(21)34/h6-7,14,20,22,26H,4-5,8-13,16-19,37H2,1-3H3. The van der Waals surface area contributed by atoms with Crippen molar-refractivity contribution < 1.29 is 18.4 Å². The first-order valence-electron chi connectivity index (χ1n) is 16.5. The van der Waals surface area contributed by atoms with E-state index in [0.717, 1.165) is 80.0 Å². The lowest BCUT2D eigenvalue weighted by atomic mass is 9.68. The van der Waals surface area contributed by atoms with E-state index in [0.29, 0.717) is 54.8 Å². The predicted molar refractivity (Wildman–Crippen MR) is 170 cm³/mol. The fraction of sp³-hybridized carbons (Fsp3) is 0.588. The molecule has 2 spiro atoms. The first kappa shape index (κ1) is 29.6. The van der Waals surface area contributed by atoms with E-state index in [9.17, 15) is 9.65 Å². The number of aromatic nitrogens is 3. The van der Waals surface area contributed by atoms with Gasteiger partial charge in [0.1, 0.15) is 24.2 Å². The van der Waals surface area contributed by atoms with Gasteiger partial charge < -0.3 is 24.6 Å². The molecule has 0 saturated carbocycles. The van der Waals surface area contributed by atoms with Crippen molar-refractivity contribution in [3.05, 3.63) is 46.2 Å². The Labute approximate surface area is 268 Å². The topological polar surface area (TPSA) is 130 Å². The smallest absolute Gasteiger partial charge is 0.219 e. The molecule has 11 nitrogen and oxygen atoms in total. The van der Waals surface area contributed by atoms with Crippen molar-refractivity contribution in [2.45, 2.75) is 74.7 Å². The van der Waals surface area contributed by atoms with Crippen molar-refractivity contribution in [1.29, 1.82) is 5.26 Å². The van der Waals surface area contributed by atoms with Crippen LogP contribution in [0.25, 0.3) is 11.5 Å². The number of fused-ring (bicyclic) bond motifs is 4. The van der Waals surface area contributed by atoms with Crippen molar-refractivity contribution in [2.75, 3.05) is 64.1 Å². The van der Waals surface area contributed by atoms with E-state index in [1.54, 1.807) is 0 Å². The van der Waals surface area contributed by atoms with Crippen molar-refractivity contribution in [3.63, 3.8) is 0 Å². The fourth-order valence-corrected chi connectivity index (χ4v) is 8.69. The van der Waals surface area contributed by atoms with E-state index in [1.165, 1.54) is 0 Å². The van der Waals surface area contributed by atoms with E-state index in [2.05, 4.69) is 28.1 Å². The van der Waals surface area contributed by atoms with Gasteiger partial charge in [-0.1, -0.05) is 11.2 Å². The van der Waals surface area contributed by atoms with E-state index in [4.69, 9.17) is 29.7 Å². The fourth-order valence-electron chi connectivity index (χ4n) is 8.69. The van der Waals surface area contributed by atoms with Crippen molar-refractivity contribution >= 4 is 11.5 Å². The Bertz CT molecular complexity index is 1720. The Morgan fingerprint density at radius 1 is 1.17 bits per heavy atom. The summed E-state index contributed by atoms with van der Waals surface area (Å²) in [7, 11) is 4.09. The van der Waals surface area contributed by atoms with Crippen molar-refractivity contribution in [1.82, 2.24) is 24.9 Å². The minimum Gasteiger partial charge on any atom is -0.473 e. The highest BCUT2D eigenvalue weighted by Crippen LogP contribution is 2.54. The van der Waals surface area contributed by atoms with Crippen molar-refractivity contribution in [3.8, 4) is 23.5 Å². The van der Waals surface area contributed by atoms with Crippen LogP contribution < -0.4 is 15.4 Å². The molecule has 3 aromatic rings. The molecule has 0 radical (unpaired) electrons. The summed E-state index contributed by atoms with van der Waals surface area (Å²) < 4.78 is 32.7. The zero-order chi connectivity index (χ0) is 31.8. The first-order chi connectivity index (χ1) is 22.2. The number of benzene rings is 1. The molecule has 8 rings (SSSR count). The van der Waals surface area contributed by atoms with Crippen LogP contribution in [-0.4, -0.2) is 102 Å². The largest absolute Gasteiger partial charge is 0.473 e. The van der Waals surface area contributed by atoms with Gasteiger partial charge in [-0.15, -0.1) is 0 Å². The molecule has 2 aliphatic carbocycles. The quantitative estimate of drug-likeness (QED) is 0.417. The van der Waals surface area contributed by atoms with Gasteiger partial charge in [0.15, 0.2) is 17.3 Å². The highest BCUT2D eigenvalue weighted by Gasteiger charge is 2.50. The third-order valence-corrected chi connectivity index (χ3v) is 11.4. The number of piperazine rings is 1. The molecule has 12 heteroatoms. The van der Waals surface area contributed by atoms with Crippen LogP contribution in [0.5, 0.6) is 5.88 Å². The second-order valence-electron chi connectivity index (χ2n) is 14.1. The summed E-state index contributed by atoms with van der Waals surface area (Å²) in [6.45, 7) is 6.21. The summed E-state index contributed by atoms with van der Waals surface area (Å²) in [6.07, 6.45) is 3.53. The summed E-state index contributed by atoms with van der Waals surface area (Å²) in [4.78, 5) is 16.7. The summed E-state index contributed by atoms with van der Waals surface area (Å²) >= 11 is 0. The summed E-state index contributed by atoms with van der Waals surface area (Å²) in [5.74, 6) is 2.46. The highest BCUT2D eigenvalue weighted by molar-refractivity contribution is 5.68. The molecule has 2 N–H and O–H groups in total. The van der Waals surface area contributed by atoms with Gasteiger partial charge in [0, 0.05) is 49.5 Å². The SMILES string of the molecule is CC(Oc1cc(N2CCN(C)C3(COC3)C2)nc(-c2noc3c2CCCC32CCc3ccc(N)c(C#N)c32)n1)C1CC(F)CN1C.